The van der Waals surface area contributed by atoms with Crippen molar-refractivity contribution in [3.05, 3.63) is 12.2 Å². The van der Waals surface area contributed by atoms with Gasteiger partial charge in [-0.1, -0.05) is 13.8 Å². The van der Waals surface area contributed by atoms with Crippen LogP contribution in [0.25, 0.3) is 0 Å². The molecule has 1 aromatic rings. The number of nitrogens with zero attached hydrogens (tertiary/aromatic N) is 3. The van der Waals surface area contributed by atoms with Crippen LogP contribution in [0.5, 0.6) is 0 Å². The Morgan fingerprint density at radius 2 is 2.40 bits per heavy atom. The van der Waals surface area contributed by atoms with Crippen LogP contribution in [0, 0.1) is 11.8 Å². The molecule has 112 valence electrons. The molecular formula is C14H24N4O2. The summed E-state index contributed by atoms with van der Waals surface area (Å²) in [6.07, 6.45) is 3.39. The summed E-state index contributed by atoms with van der Waals surface area (Å²) in [7, 11) is 0. The van der Waals surface area contributed by atoms with Crippen LogP contribution >= 0.6 is 0 Å². The van der Waals surface area contributed by atoms with Crippen LogP contribution in [0.3, 0.4) is 0 Å². The lowest BCUT2D eigenvalue weighted by Crippen LogP contribution is -2.43. The molecule has 1 aromatic heterocycles. The van der Waals surface area contributed by atoms with Crippen molar-refractivity contribution in [1.82, 2.24) is 20.1 Å². The van der Waals surface area contributed by atoms with Crippen molar-refractivity contribution in [3.63, 3.8) is 0 Å². The number of amides is 1. The Bertz CT molecular complexity index is 444. The zero-order chi connectivity index (χ0) is 14.5. The molecule has 0 bridgehead atoms. The van der Waals surface area contributed by atoms with Crippen LogP contribution in [0.1, 0.15) is 39.4 Å². The van der Waals surface area contributed by atoms with E-state index in [-0.39, 0.29) is 17.9 Å². The molecule has 0 aliphatic carbocycles. The van der Waals surface area contributed by atoms with Crippen molar-refractivity contribution in [2.24, 2.45) is 11.8 Å². The molecule has 20 heavy (non-hydrogen) atoms. The standard InChI is InChI=1S/C14H24N4O2/c1-4-18-12(16-9-17-18)8-15-14(19)11-6-5-7-20-13(11)10(2)3/h9-11,13H,4-8H2,1-3H3,(H,15,19)/t11-,13+/m1/s1. The largest absolute Gasteiger partial charge is 0.377 e. The van der Waals surface area contributed by atoms with Gasteiger partial charge in [-0.3, -0.25) is 4.79 Å². The van der Waals surface area contributed by atoms with Crippen molar-refractivity contribution in [3.8, 4) is 0 Å². The molecule has 6 nitrogen and oxygen atoms in total. The summed E-state index contributed by atoms with van der Waals surface area (Å²) in [6.45, 7) is 8.15. The molecule has 1 aliphatic rings. The number of carbonyl (C=O) groups excluding carboxylic acids is 1. The fraction of sp³-hybridized carbons (Fsp3) is 0.786. The molecule has 0 aromatic carbocycles. The molecule has 6 heteroatoms. The maximum atomic E-state index is 12.4. The SMILES string of the molecule is CCn1ncnc1CNC(=O)[C@@H]1CCCO[C@H]1C(C)C. The van der Waals surface area contributed by atoms with Gasteiger partial charge in [-0.2, -0.15) is 5.10 Å². The van der Waals surface area contributed by atoms with E-state index in [1.54, 1.807) is 4.68 Å². The maximum Gasteiger partial charge on any atom is 0.226 e. The molecule has 1 fully saturated rings. The van der Waals surface area contributed by atoms with E-state index in [0.29, 0.717) is 12.5 Å². The summed E-state index contributed by atoms with van der Waals surface area (Å²) < 4.78 is 7.55. The van der Waals surface area contributed by atoms with Gasteiger partial charge in [0.15, 0.2) is 0 Å². The second-order valence-electron chi connectivity index (χ2n) is 5.54. The van der Waals surface area contributed by atoms with Crippen LogP contribution in [-0.2, 0) is 22.6 Å². The van der Waals surface area contributed by atoms with E-state index in [1.807, 2.05) is 6.92 Å². The molecule has 0 unspecified atom stereocenters. The second kappa shape index (κ2) is 6.83. The Morgan fingerprint density at radius 1 is 1.60 bits per heavy atom. The Labute approximate surface area is 119 Å². The average molecular weight is 280 g/mol. The lowest BCUT2D eigenvalue weighted by atomic mass is 9.87. The highest BCUT2D eigenvalue weighted by molar-refractivity contribution is 5.79. The zero-order valence-electron chi connectivity index (χ0n) is 12.5. The summed E-state index contributed by atoms with van der Waals surface area (Å²) in [5.74, 6) is 1.15. The molecule has 2 atom stereocenters. The predicted molar refractivity (Wildman–Crippen MR) is 74.8 cm³/mol. The highest BCUT2D eigenvalue weighted by atomic mass is 16.5. The van der Waals surface area contributed by atoms with Crippen molar-refractivity contribution in [1.29, 1.82) is 0 Å². The van der Waals surface area contributed by atoms with E-state index in [1.165, 1.54) is 6.33 Å². The first-order valence-corrected chi connectivity index (χ1v) is 7.39. The zero-order valence-corrected chi connectivity index (χ0v) is 12.5. The first kappa shape index (κ1) is 15.0. The molecule has 1 saturated heterocycles. The fourth-order valence-electron chi connectivity index (χ4n) is 2.73. The maximum absolute atomic E-state index is 12.4. The average Bonchev–Trinajstić information content (AvgIpc) is 2.92. The van der Waals surface area contributed by atoms with E-state index in [0.717, 1.165) is 31.8 Å². The third-order valence-electron chi connectivity index (χ3n) is 3.78. The normalized spacial score (nSPS) is 23.0. The Kier molecular flexibility index (Phi) is 5.11. The lowest BCUT2D eigenvalue weighted by molar-refractivity contribution is -0.137. The first-order chi connectivity index (χ1) is 9.63. The summed E-state index contributed by atoms with van der Waals surface area (Å²) in [4.78, 5) is 16.5. The minimum absolute atomic E-state index is 0.0211. The number of hydrogen-bond acceptors (Lipinski definition) is 4. The van der Waals surface area contributed by atoms with E-state index in [2.05, 4.69) is 29.2 Å². The number of carbonyl (C=O) groups is 1. The Balaban J connectivity index is 1.93. The van der Waals surface area contributed by atoms with Gasteiger partial charge in [-0.25, -0.2) is 9.67 Å². The monoisotopic (exact) mass is 280 g/mol. The van der Waals surface area contributed by atoms with Gasteiger partial charge >= 0.3 is 0 Å². The number of ether oxygens (including phenoxy) is 1. The summed E-state index contributed by atoms with van der Waals surface area (Å²) in [5, 5.41) is 7.07. The van der Waals surface area contributed by atoms with Gasteiger partial charge in [0, 0.05) is 13.2 Å². The van der Waals surface area contributed by atoms with E-state index >= 15 is 0 Å². The van der Waals surface area contributed by atoms with Crippen LogP contribution in [0.15, 0.2) is 6.33 Å². The van der Waals surface area contributed by atoms with Crippen molar-refractivity contribution < 1.29 is 9.53 Å². The quantitative estimate of drug-likeness (QED) is 0.884. The highest BCUT2D eigenvalue weighted by Gasteiger charge is 2.33. The molecule has 2 heterocycles. The molecule has 0 saturated carbocycles. The molecule has 2 rings (SSSR count). The van der Waals surface area contributed by atoms with Gasteiger partial charge in [-0.15, -0.1) is 0 Å². The third-order valence-corrected chi connectivity index (χ3v) is 3.78. The first-order valence-electron chi connectivity index (χ1n) is 7.39. The van der Waals surface area contributed by atoms with Gasteiger partial charge in [0.2, 0.25) is 5.91 Å². The topological polar surface area (TPSA) is 69.0 Å². The molecule has 0 spiro atoms. The smallest absolute Gasteiger partial charge is 0.226 e. The summed E-state index contributed by atoms with van der Waals surface area (Å²) >= 11 is 0. The second-order valence-corrected chi connectivity index (χ2v) is 5.54. The predicted octanol–water partition coefficient (Wildman–Crippen LogP) is 1.37. The number of rotatable bonds is 5. The molecule has 0 radical (unpaired) electrons. The van der Waals surface area contributed by atoms with E-state index < -0.39 is 0 Å². The van der Waals surface area contributed by atoms with Crippen LogP contribution in [0.4, 0.5) is 0 Å². The van der Waals surface area contributed by atoms with Crippen LogP contribution < -0.4 is 5.32 Å². The van der Waals surface area contributed by atoms with Crippen molar-refractivity contribution >= 4 is 5.91 Å². The lowest BCUT2D eigenvalue weighted by Gasteiger charge is -2.33. The van der Waals surface area contributed by atoms with Gasteiger partial charge in [0.05, 0.1) is 18.6 Å². The van der Waals surface area contributed by atoms with E-state index in [9.17, 15) is 4.79 Å². The van der Waals surface area contributed by atoms with Gasteiger partial charge in [-0.05, 0) is 25.7 Å². The summed E-state index contributed by atoms with van der Waals surface area (Å²) in [5.41, 5.74) is 0. The van der Waals surface area contributed by atoms with Gasteiger partial charge < -0.3 is 10.1 Å². The summed E-state index contributed by atoms with van der Waals surface area (Å²) in [6, 6.07) is 0. The molecule has 1 aliphatic heterocycles. The minimum atomic E-state index is -0.0539. The number of nitrogens with one attached hydrogen (secondary N) is 1. The number of aromatic nitrogens is 3. The van der Waals surface area contributed by atoms with Crippen LogP contribution in [-0.4, -0.2) is 33.4 Å². The highest BCUT2D eigenvalue weighted by Crippen LogP contribution is 2.26. The van der Waals surface area contributed by atoms with E-state index in [4.69, 9.17) is 4.74 Å². The van der Waals surface area contributed by atoms with Crippen molar-refractivity contribution in [2.45, 2.75) is 52.8 Å². The Hall–Kier alpha value is -1.43. The Morgan fingerprint density at radius 3 is 3.10 bits per heavy atom. The number of aryl methyl sites for hydroxylation is 1. The molecular weight excluding hydrogens is 256 g/mol. The van der Waals surface area contributed by atoms with Crippen molar-refractivity contribution in [2.75, 3.05) is 6.61 Å². The fourth-order valence-corrected chi connectivity index (χ4v) is 2.73. The van der Waals surface area contributed by atoms with Gasteiger partial charge in [0.25, 0.3) is 0 Å². The van der Waals surface area contributed by atoms with Crippen LogP contribution in [0.2, 0.25) is 0 Å². The minimum Gasteiger partial charge on any atom is -0.377 e. The number of hydrogen-bond donors (Lipinski definition) is 1. The molecule has 1 amide bonds. The van der Waals surface area contributed by atoms with Gasteiger partial charge in [0.1, 0.15) is 12.2 Å². The third kappa shape index (κ3) is 3.36. The molecule has 1 N–H and O–H groups in total.